The predicted molar refractivity (Wildman–Crippen MR) is 26.8 cm³/mol. The van der Waals surface area contributed by atoms with Crippen molar-refractivity contribution in [3.63, 3.8) is 0 Å². The summed E-state index contributed by atoms with van der Waals surface area (Å²) < 4.78 is 4.27. The van der Waals surface area contributed by atoms with Crippen molar-refractivity contribution in [3.8, 4) is 0 Å². The molecule has 0 amide bonds. The Morgan fingerprint density at radius 2 is 1.89 bits per heavy atom. The molecule has 0 saturated carbocycles. The quantitative estimate of drug-likeness (QED) is 0.217. The van der Waals surface area contributed by atoms with Gasteiger partial charge in [-0.15, -0.1) is 0 Å². The molecule has 0 bridgehead atoms. The number of methoxy groups -OCH3 is 1. The van der Waals surface area contributed by atoms with Gasteiger partial charge < -0.3 is 17.1 Å². The van der Waals surface area contributed by atoms with Crippen molar-refractivity contribution in [2.45, 2.75) is 6.92 Å². The number of esters is 1. The molecule has 0 saturated heterocycles. The molecule has 0 atom stereocenters. The van der Waals surface area contributed by atoms with Gasteiger partial charge >= 0.3 is 35.5 Å². The van der Waals surface area contributed by atoms with E-state index < -0.39 is 0 Å². The van der Waals surface area contributed by atoms with Gasteiger partial charge in [0.15, 0.2) is 0 Å². The molecule has 0 unspecified atom stereocenters. The molecular formula is C5H8ClNaO2. The maximum Gasteiger partial charge on any atom is 1.00 e. The van der Waals surface area contributed by atoms with Crippen molar-refractivity contribution in [3.05, 3.63) is 12.2 Å². The van der Waals surface area contributed by atoms with Crippen molar-refractivity contribution in [1.29, 1.82) is 0 Å². The van der Waals surface area contributed by atoms with Crippen LogP contribution in [-0.4, -0.2) is 13.1 Å². The van der Waals surface area contributed by atoms with Crippen LogP contribution in [0.1, 0.15) is 6.92 Å². The van der Waals surface area contributed by atoms with Gasteiger partial charge in [-0.25, -0.2) is 4.79 Å². The molecule has 0 aliphatic heterocycles. The van der Waals surface area contributed by atoms with Crippen LogP contribution in [-0.2, 0) is 9.53 Å². The molecule has 0 aliphatic rings. The number of ether oxygens (including phenoxy) is 1. The van der Waals surface area contributed by atoms with E-state index in [0.29, 0.717) is 5.57 Å². The average molecular weight is 159 g/mol. The Kier molecular flexibility index (Phi) is 15.3. The third kappa shape index (κ3) is 8.50. The van der Waals surface area contributed by atoms with Crippen LogP contribution in [0.4, 0.5) is 0 Å². The Balaban J connectivity index is -0.000000180. The molecule has 0 aromatic heterocycles. The SMILES string of the molecule is C=C(C)C(=O)OC.[Cl-].[Na+]. The van der Waals surface area contributed by atoms with E-state index in [4.69, 9.17) is 0 Å². The summed E-state index contributed by atoms with van der Waals surface area (Å²) >= 11 is 0. The van der Waals surface area contributed by atoms with Crippen molar-refractivity contribution < 1.29 is 51.5 Å². The van der Waals surface area contributed by atoms with Gasteiger partial charge in [0, 0.05) is 5.57 Å². The van der Waals surface area contributed by atoms with Crippen molar-refractivity contribution in [1.82, 2.24) is 0 Å². The van der Waals surface area contributed by atoms with E-state index in [-0.39, 0.29) is 47.9 Å². The van der Waals surface area contributed by atoms with Gasteiger partial charge in [-0.2, -0.15) is 0 Å². The third-order valence-corrected chi connectivity index (χ3v) is 0.534. The smallest absolute Gasteiger partial charge is 1.00 e. The summed E-state index contributed by atoms with van der Waals surface area (Å²) in [4.78, 5) is 10.2. The molecule has 0 aromatic carbocycles. The van der Waals surface area contributed by atoms with Crippen LogP contribution in [0.3, 0.4) is 0 Å². The third-order valence-electron chi connectivity index (χ3n) is 0.534. The monoisotopic (exact) mass is 158 g/mol. The average Bonchev–Trinajstić information content (AvgIpc) is 1.65. The maximum atomic E-state index is 10.2. The molecule has 48 valence electrons. The standard InChI is InChI=1S/C5H8O2.ClH.Na/c1-4(2)5(6)7-3;;/h1H2,2-3H3;1H;/q;;+1/p-1. The Labute approximate surface area is 83.4 Å². The topological polar surface area (TPSA) is 26.3 Å². The first-order valence-corrected chi connectivity index (χ1v) is 1.92. The van der Waals surface area contributed by atoms with Crippen LogP contribution in [0.2, 0.25) is 0 Å². The summed E-state index contributed by atoms with van der Waals surface area (Å²) in [6.07, 6.45) is 0. The fourth-order valence-corrected chi connectivity index (χ4v) is 0.174. The molecule has 0 aliphatic carbocycles. The second-order valence-electron chi connectivity index (χ2n) is 1.27. The van der Waals surface area contributed by atoms with E-state index in [0.717, 1.165) is 0 Å². The zero-order valence-corrected chi connectivity index (χ0v) is 8.66. The van der Waals surface area contributed by atoms with Gasteiger partial charge in [-0.3, -0.25) is 0 Å². The Morgan fingerprint density at radius 3 is 1.89 bits per heavy atom. The van der Waals surface area contributed by atoms with Gasteiger partial charge in [-0.1, -0.05) is 6.58 Å². The first-order valence-electron chi connectivity index (χ1n) is 1.92. The number of rotatable bonds is 1. The van der Waals surface area contributed by atoms with Crippen molar-refractivity contribution in [2.24, 2.45) is 0 Å². The maximum absolute atomic E-state index is 10.2. The Bertz CT molecular complexity index is 103. The normalized spacial score (nSPS) is 6.00. The number of hydrogen-bond acceptors (Lipinski definition) is 2. The fraction of sp³-hybridized carbons (Fsp3) is 0.400. The number of halogens is 1. The molecule has 4 heteroatoms. The van der Waals surface area contributed by atoms with E-state index in [9.17, 15) is 4.79 Å². The predicted octanol–water partition coefficient (Wildman–Crippen LogP) is -5.26. The molecule has 2 nitrogen and oxygen atoms in total. The number of hydrogen-bond donors (Lipinski definition) is 0. The van der Waals surface area contributed by atoms with Crippen LogP contribution in [0.25, 0.3) is 0 Å². The second-order valence-corrected chi connectivity index (χ2v) is 1.27. The largest absolute Gasteiger partial charge is 1.00 e. The minimum atomic E-state index is -0.347. The summed E-state index contributed by atoms with van der Waals surface area (Å²) in [5, 5.41) is 0. The Morgan fingerprint density at radius 1 is 1.56 bits per heavy atom. The first kappa shape index (κ1) is 16.2. The molecule has 0 fully saturated rings. The molecule has 0 heterocycles. The van der Waals surface area contributed by atoms with Crippen LogP contribution in [0.5, 0.6) is 0 Å². The number of carbonyl (C=O) groups excluding carboxylic acids is 1. The zero-order valence-electron chi connectivity index (χ0n) is 5.90. The van der Waals surface area contributed by atoms with Gasteiger partial charge in [0.25, 0.3) is 0 Å². The molecule has 0 spiro atoms. The van der Waals surface area contributed by atoms with Gasteiger partial charge in [0.1, 0.15) is 0 Å². The molecule has 0 radical (unpaired) electrons. The van der Waals surface area contributed by atoms with E-state index in [2.05, 4.69) is 11.3 Å². The van der Waals surface area contributed by atoms with E-state index in [1.807, 2.05) is 0 Å². The van der Waals surface area contributed by atoms with Gasteiger partial charge in [-0.05, 0) is 6.92 Å². The summed E-state index contributed by atoms with van der Waals surface area (Å²) in [6.45, 7) is 4.95. The van der Waals surface area contributed by atoms with Crippen LogP contribution < -0.4 is 42.0 Å². The van der Waals surface area contributed by atoms with E-state index in [1.165, 1.54) is 7.11 Å². The van der Waals surface area contributed by atoms with Gasteiger partial charge in [0.2, 0.25) is 0 Å². The van der Waals surface area contributed by atoms with Crippen LogP contribution in [0, 0.1) is 0 Å². The minimum absolute atomic E-state index is 0. The summed E-state index contributed by atoms with van der Waals surface area (Å²) in [5.74, 6) is -0.347. The zero-order chi connectivity index (χ0) is 5.86. The molecule has 0 aromatic rings. The summed E-state index contributed by atoms with van der Waals surface area (Å²) in [5.41, 5.74) is 0.433. The van der Waals surface area contributed by atoms with Crippen molar-refractivity contribution >= 4 is 5.97 Å². The molecular weight excluding hydrogens is 150 g/mol. The van der Waals surface area contributed by atoms with Crippen LogP contribution >= 0.6 is 0 Å². The van der Waals surface area contributed by atoms with Gasteiger partial charge in [0.05, 0.1) is 7.11 Å². The number of carbonyl (C=O) groups is 1. The Hall–Kier alpha value is 0.500. The van der Waals surface area contributed by atoms with E-state index >= 15 is 0 Å². The van der Waals surface area contributed by atoms with E-state index in [1.54, 1.807) is 6.92 Å². The van der Waals surface area contributed by atoms with Crippen molar-refractivity contribution in [2.75, 3.05) is 7.11 Å². The van der Waals surface area contributed by atoms with Crippen LogP contribution in [0.15, 0.2) is 12.2 Å². The molecule has 0 rings (SSSR count). The minimum Gasteiger partial charge on any atom is -1.00 e. The second kappa shape index (κ2) is 8.50. The summed E-state index contributed by atoms with van der Waals surface area (Å²) in [7, 11) is 1.33. The molecule has 0 N–H and O–H groups in total. The molecule has 9 heavy (non-hydrogen) atoms. The first-order chi connectivity index (χ1) is 3.18. The fourth-order valence-electron chi connectivity index (χ4n) is 0.174. The summed E-state index contributed by atoms with van der Waals surface area (Å²) in [6, 6.07) is 0.